The van der Waals surface area contributed by atoms with Gasteiger partial charge in [0.05, 0.1) is 18.7 Å². The number of aliphatic hydroxyl groups excluding tert-OH is 1. The normalized spacial score (nSPS) is 24.8. The van der Waals surface area contributed by atoms with Crippen molar-refractivity contribution in [2.24, 2.45) is 0 Å². The van der Waals surface area contributed by atoms with E-state index in [0.29, 0.717) is 19.1 Å². The molecule has 0 unspecified atom stereocenters. The van der Waals surface area contributed by atoms with Crippen LogP contribution in [0.4, 0.5) is 4.79 Å². The van der Waals surface area contributed by atoms with Gasteiger partial charge in [-0.3, -0.25) is 0 Å². The van der Waals surface area contributed by atoms with Crippen LogP contribution in [0.2, 0.25) is 0 Å². The molecule has 1 saturated heterocycles. The van der Waals surface area contributed by atoms with Gasteiger partial charge in [-0.25, -0.2) is 4.79 Å². The minimum Gasteiger partial charge on any atom is -0.444 e. The Balaban J connectivity index is 1.55. The summed E-state index contributed by atoms with van der Waals surface area (Å²) in [5.74, 6) is 0. The van der Waals surface area contributed by atoms with Crippen molar-refractivity contribution >= 4 is 6.09 Å². The van der Waals surface area contributed by atoms with Crippen LogP contribution < -0.4 is 5.32 Å². The van der Waals surface area contributed by atoms with E-state index in [1.807, 2.05) is 20.8 Å². The molecular formula is C18H26N2O3. The van der Waals surface area contributed by atoms with Gasteiger partial charge in [0.2, 0.25) is 0 Å². The molecule has 0 spiro atoms. The predicted octanol–water partition coefficient (Wildman–Crippen LogP) is 1.72. The summed E-state index contributed by atoms with van der Waals surface area (Å²) < 4.78 is 5.39. The molecule has 1 aliphatic carbocycles. The Morgan fingerprint density at radius 3 is 2.39 bits per heavy atom. The molecule has 5 heteroatoms. The summed E-state index contributed by atoms with van der Waals surface area (Å²) in [5, 5.41) is 13.8. The van der Waals surface area contributed by atoms with Crippen LogP contribution in [0.15, 0.2) is 24.3 Å². The fourth-order valence-corrected chi connectivity index (χ4v) is 3.41. The van der Waals surface area contributed by atoms with Crippen molar-refractivity contribution < 1.29 is 14.6 Å². The summed E-state index contributed by atoms with van der Waals surface area (Å²) in [6.07, 6.45) is 1.05. The Bertz CT molecular complexity index is 557. The average Bonchev–Trinajstić information content (AvgIpc) is 3.01. The third-order valence-corrected chi connectivity index (χ3v) is 4.44. The van der Waals surface area contributed by atoms with Crippen molar-refractivity contribution in [2.45, 2.75) is 57.4 Å². The minimum absolute atomic E-state index is 0.0955. The van der Waals surface area contributed by atoms with E-state index in [-0.39, 0.29) is 12.1 Å². The van der Waals surface area contributed by atoms with Gasteiger partial charge in [-0.2, -0.15) is 0 Å². The molecule has 0 bridgehead atoms. The highest BCUT2D eigenvalue weighted by Gasteiger charge is 2.37. The summed E-state index contributed by atoms with van der Waals surface area (Å²) in [6.45, 7) is 6.36. The number of fused-ring (bicyclic) bond motifs is 1. The van der Waals surface area contributed by atoms with Crippen molar-refractivity contribution in [3.8, 4) is 0 Å². The van der Waals surface area contributed by atoms with E-state index in [4.69, 9.17) is 4.74 Å². The summed E-state index contributed by atoms with van der Waals surface area (Å²) in [5.41, 5.74) is 2.24. The molecule has 1 fully saturated rings. The minimum atomic E-state index is -0.550. The smallest absolute Gasteiger partial charge is 0.410 e. The Hall–Kier alpha value is -1.59. The fraction of sp³-hybridized carbons (Fsp3) is 0.611. The number of carbonyl (C=O) groups is 1. The van der Waals surface area contributed by atoms with Crippen molar-refractivity contribution in [2.75, 3.05) is 13.1 Å². The molecule has 1 aromatic rings. The van der Waals surface area contributed by atoms with E-state index < -0.39 is 11.7 Å². The molecule has 2 aliphatic rings. The molecule has 0 saturated carbocycles. The van der Waals surface area contributed by atoms with Crippen LogP contribution in [-0.4, -0.2) is 53.0 Å². The van der Waals surface area contributed by atoms with E-state index in [9.17, 15) is 9.90 Å². The van der Waals surface area contributed by atoms with Gasteiger partial charge in [-0.15, -0.1) is 0 Å². The molecule has 2 atom stereocenters. The van der Waals surface area contributed by atoms with E-state index in [1.165, 1.54) is 11.1 Å². The quantitative estimate of drug-likeness (QED) is 0.872. The molecule has 1 aliphatic heterocycles. The van der Waals surface area contributed by atoms with Gasteiger partial charge in [-0.1, -0.05) is 24.3 Å². The summed E-state index contributed by atoms with van der Waals surface area (Å²) in [7, 11) is 0. The highest BCUT2D eigenvalue weighted by atomic mass is 16.6. The molecule has 3 rings (SSSR count). The second kappa shape index (κ2) is 6.13. The lowest BCUT2D eigenvalue weighted by Crippen LogP contribution is -2.46. The molecule has 0 aromatic heterocycles. The molecule has 2 N–H and O–H groups in total. The van der Waals surface area contributed by atoms with Crippen LogP contribution in [0.25, 0.3) is 0 Å². The van der Waals surface area contributed by atoms with E-state index in [0.717, 1.165) is 12.8 Å². The van der Waals surface area contributed by atoms with Gasteiger partial charge < -0.3 is 20.1 Å². The van der Waals surface area contributed by atoms with Crippen LogP contribution >= 0.6 is 0 Å². The maximum atomic E-state index is 12.1. The first-order valence-electron chi connectivity index (χ1n) is 8.30. The van der Waals surface area contributed by atoms with Gasteiger partial charge in [0, 0.05) is 12.6 Å². The number of nitrogens with one attached hydrogen (secondary N) is 1. The van der Waals surface area contributed by atoms with Gasteiger partial charge in [-0.05, 0) is 44.7 Å². The van der Waals surface area contributed by atoms with E-state index in [1.54, 1.807) is 4.90 Å². The number of β-amino-alcohol motifs (C(OH)–C–C–N with tert-alkyl or cyclic N) is 1. The Morgan fingerprint density at radius 2 is 1.83 bits per heavy atom. The number of hydrogen-bond donors (Lipinski definition) is 2. The van der Waals surface area contributed by atoms with Crippen LogP contribution in [-0.2, 0) is 17.6 Å². The van der Waals surface area contributed by atoms with Crippen LogP contribution in [0, 0.1) is 0 Å². The highest BCUT2D eigenvalue weighted by Crippen LogP contribution is 2.23. The highest BCUT2D eigenvalue weighted by molar-refractivity contribution is 5.68. The molecule has 1 aromatic carbocycles. The predicted molar refractivity (Wildman–Crippen MR) is 88.4 cm³/mol. The Kier molecular flexibility index (Phi) is 4.34. The van der Waals surface area contributed by atoms with Crippen LogP contribution in [0.1, 0.15) is 31.9 Å². The van der Waals surface area contributed by atoms with Gasteiger partial charge in [0.25, 0.3) is 0 Å². The Labute approximate surface area is 137 Å². The number of aliphatic hydroxyl groups is 1. The second-order valence-corrected chi connectivity index (χ2v) is 7.60. The fourth-order valence-electron chi connectivity index (χ4n) is 3.41. The van der Waals surface area contributed by atoms with Gasteiger partial charge in [0.15, 0.2) is 0 Å². The number of likely N-dealkylation sites (tertiary alicyclic amines) is 1. The van der Waals surface area contributed by atoms with E-state index >= 15 is 0 Å². The summed E-state index contributed by atoms with van der Waals surface area (Å²) in [4.78, 5) is 13.7. The zero-order chi connectivity index (χ0) is 16.6. The van der Waals surface area contributed by atoms with Crippen molar-refractivity contribution in [1.29, 1.82) is 0 Å². The topological polar surface area (TPSA) is 61.8 Å². The third-order valence-electron chi connectivity index (χ3n) is 4.44. The maximum Gasteiger partial charge on any atom is 0.410 e. The number of ether oxygens (including phenoxy) is 1. The number of amides is 1. The van der Waals surface area contributed by atoms with E-state index in [2.05, 4.69) is 29.6 Å². The summed E-state index contributed by atoms with van der Waals surface area (Å²) in [6, 6.07) is 8.68. The number of nitrogens with zero attached hydrogens (tertiary/aromatic N) is 1. The zero-order valence-electron chi connectivity index (χ0n) is 14.1. The van der Waals surface area contributed by atoms with Crippen LogP contribution in [0.3, 0.4) is 0 Å². The van der Waals surface area contributed by atoms with Gasteiger partial charge in [0.1, 0.15) is 5.60 Å². The lowest BCUT2D eigenvalue weighted by molar-refractivity contribution is 0.0270. The lowest BCUT2D eigenvalue weighted by atomic mass is 10.1. The van der Waals surface area contributed by atoms with Crippen molar-refractivity contribution in [3.05, 3.63) is 35.4 Å². The lowest BCUT2D eigenvalue weighted by Gasteiger charge is -2.24. The largest absolute Gasteiger partial charge is 0.444 e. The molecule has 5 nitrogen and oxygen atoms in total. The van der Waals surface area contributed by atoms with Crippen molar-refractivity contribution in [1.82, 2.24) is 10.2 Å². The standard InChI is InChI=1S/C18H26N2O3/c1-18(2,3)23-17(22)20-10-15(16(21)11-20)19-14-8-12-6-4-5-7-13(12)9-14/h4-7,14-16,19,21H,8-11H2,1-3H3/t15-,16-/m1/s1. The first-order valence-corrected chi connectivity index (χ1v) is 8.30. The van der Waals surface area contributed by atoms with Crippen molar-refractivity contribution in [3.63, 3.8) is 0 Å². The number of rotatable bonds is 2. The number of carbonyl (C=O) groups excluding carboxylic acids is 1. The second-order valence-electron chi connectivity index (χ2n) is 7.60. The maximum absolute atomic E-state index is 12.1. The summed E-state index contributed by atoms with van der Waals surface area (Å²) >= 11 is 0. The molecule has 126 valence electrons. The molecule has 1 amide bonds. The average molecular weight is 318 g/mol. The molecule has 23 heavy (non-hydrogen) atoms. The first kappa shape index (κ1) is 16.3. The Morgan fingerprint density at radius 1 is 1.22 bits per heavy atom. The number of benzene rings is 1. The van der Waals surface area contributed by atoms with Gasteiger partial charge >= 0.3 is 6.09 Å². The number of hydrogen-bond acceptors (Lipinski definition) is 4. The molecular weight excluding hydrogens is 292 g/mol. The SMILES string of the molecule is CC(C)(C)OC(=O)N1C[C@@H](O)[C@H](NC2Cc3ccccc3C2)C1. The van der Waals surface area contributed by atoms with Crippen LogP contribution in [0.5, 0.6) is 0 Å². The zero-order valence-corrected chi connectivity index (χ0v) is 14.1. The molecule has 0 radical (unpaired) electrons. The third kappa shape index (κ3) is 3.85. The monoisotopic (exact) mass is 318 g/mol. The first-order chi connectivity index (χ1) is 10.8. The molecule has 1 heterocycles.